The summed E-state index contributed by atoms with van der Waals surface area (Å²) < 4.78 is 5.17. The number of rotatable bonds is 3. The van der Waals surface area contributed by atoms with Gasteiger partial charge in [0.2, 0.25) is 5.91 Å². The van der Waals surface area contributed by atoms with E-state index in [1.165, 1.54) is 25.5 Å². The van der Waals surface area contributed by atoms with Crippen molar-refractivity contribution in [3.8, 4) is 0 Å². The fourth-order valence-corrected chi connectivity index (χ4v) is 3.50. The molecule has 1 aromatic heterocycles. The van der Waals surface area contributed by atoms with Gasteiger partial charge in [0.1, 0.15) is 0 Å². The molecule has 0 spiro atoms. The van der Waals surface area contributed by atoms with Crippen molar-refractivity contribution in [1.29, 1.82) is 0 Å². The summed E-state index contributed by atoms with van der Waals surface area (Å²) in [7, 11) is 0. The topological polar surface area (TPSA) is 62.6 Å². The van der Waals surface area contributed by atoms with Gasteiger partial charge < -0.3 is 14.6 Å². The van der Waals surface area contributed by atoms with Gasteiger partial charge in [0.05, 0.1) is 12.2 Å². The molecule has 3 rings (SSSR count). The molecule has 1 atom stereocenters. The van der Waals surface area contributed by atoms with Crippen molar-refractivity contribution in [3.05, 3.63) is 24.2 Å². The molecule has 1 saturated heterocycles. The van der Waals surface area contributed by atoms with Crippen LogP contribution in [-0.2, 0) is 4.79 Å². The Morgan fingerprint density at radius 3 is 2.68 bits per heavy atom. The van der Waals surface area contributed by atoms with Gasteiger partial charge in [0, 0.05) is 19.1 Å². The summed E-state index contributed by atoms with van der Waals surface area (Å²) in [4.78, 5) is 26.5. The third-order valence-corrected chi connectivity index (χ3v) is 4.76. The van der Waals surface area contributed by atoms with Gasteiger partial charge in [-0.25, -0.2) is 0 Å². The SMILES string of the molecule is O=C(NC1CCCCC1)C1CCCN(C(=O)c2ccco2)C1. The molecule has 1 aliphatic carbocycles. The Morgan fingerprint density at radius 2 is 1.95 bits per heavy atom. The van der Waals surface area contributed by atoms with Gasteiger partial charge >= 0.3 is 0 Å². The Bertz CT molecular complexity index is 506. The summed E-state index contributed by atoms with van der Waals surface area (Å²) in [5, 5.41) is 3.18. The van der Waals surface area contributed by atoms with E-state index in [-0.39, 0.29) is 17.7 Å². The maximum Gasteiger partial charge on any atom is 0.289 e. The molecule has 1 aliphatic heterocycles. The number of piperidine rings is 1. The highest BCUT2D eigenvalue weighted by Crippen LogP contribution is 2.21. The van der Waals surface area contributed by atoms with Crippen LogP contribution in [0.1, 0.15) is 55.5 Å². The molecule has 1 saturated carbocycles. The molecular formula is C17H24N2O3. The van der Waals surface area contributed by atoms with Gasteiger partial charge in [-0.05, 0) is 37.8 Å². The van der Waals surface area contributed by atoms with E-state index >= 15 is 0 Å². The van der Waals surface area contributed by atoms with E-state index in [4.69, 9.17) is 4.42 Å². The number of amides is 2. The fraction of sp³-hybridized carbons (Fsp3) is 0.647. The first-order valence-corrected chi connectivity index (χ1v) is 8.37. The smallest absolute Gasteiger partial charge is 0.289 e. The van der Waals surface area contributed by atoms with Gasteiger partial charge in [0.15, 0.2) is 5.76 Å². The summed E-state index contributed by atoms with van der Waals surface area (Å²) in [6.45, 7) is 1.20. The number of likely N-dealkylation sites (tertiary alicyclic amines) is 1. The summed E-state index contributed by atoms with van der Waals surface area (Å²) in [6, 6.07) is 3.72. The second kappa shape index (κ2) is 6.99. The minimum Gasteiger partial charge on any atom is -0.459 e. The van der Waals surface area contributed by atoms with E-state index in [0.29, 0.717) is 24.9 Å². The summed E-state index contributed by atoms with van der Waals surface area (Å²) in [5.41, 5.74) is 0. The third kappa shape index (κ3) is 3.51. The number of hydrogen-bond acceptors (Lipinski definition) is 3. The Morgan fingerprint density at radius 1 is 1.14 bits per heavy atom. The summed E-state index contributed by atoms with van der Waals surface area (Å²) in [5.74, 6) is 0.270. The highest BCUT2D eigenvalue weighted by atomic mass is 16.3. The molecular weight excluding hydrogens is 280 g/mol. The van der Waals surface area contributed by atoms with Crippen molar-refractivity contribution < 1.29 is 14.0 Å². The maximum absolute atomic E-state index is 12.4. The van der Waals surface area contributed by atoms with Crippen molar-refractivity contribution in [3.63, 3.8) is 0 Å². The zero-order valence-corrected chi connectivity index (χ0v) is 12.9. The molecule has 2 aliphatic rings. The molecule has 1 aromatic rings. The van der Waals surface area contributed by atoms with Crippen LogP contribution in [0, 0.1) is 5.92 Å². The second-order valence-corrected chi connectivity index (χ2v) is 6.41. The van der Waals surface area contributed by atoms with Crippen LogP contribution in [-0.4, -0.2) is 35.8 Å². The average molecular weight is 304 g/mol. The van der Waals surface area contributed by atoms with Crippen LogP contribution >= 0.6 is 0 Å². The zero-order valence-electron chi connectivity index (χ0n) is 12.9. The van der Waals surface area contributed by atoms with Crippen LogP contribution < -0.4 is 5.32 Å². The van der Waals surface area contributed by atoms with E-state index in [0.717, 1.165) is 25.7 Å². The maximum atomic E-state index is 12.4. The Hall–Kier alpha value is -1.78. The van der Waals surface area contributed by atoms with Crippen LogP contribution in [0.4, 0.5) is 0 Å². The fourth-order valence-electron chi connectivity index (χ4n) is 3.50. The lowest BCUT2D eigenvalue weighted by Crippen LogP contribution is -2.47. The summed E-state index contributed by atoms with van der Waals surface area (Å²) in [6.07, 6.45) is 9.11. The van der Waals surface area contributed by atoms with E-state index in [2.05, 4.69) is 5.32 Å². The van der Waals surface area contributed by atoms with E-state index in [1.807, 2.05) is 0 Å². The van der Waals surface area contributed by atoms with Crippen molar-refractivity contribution in [2.45, 2.75) is 51.0 Å². The first kappa shape index (κ1) is 15.1. The van der Waals surface area contributed by atoms with Gasteiger partial charge in [-0.1, -0.05) is 19.3 Å². The molecule has 2 heterocycles. The van der Waals surface area contributed by atoms with Gasteiger partial charge in [0.25, 0.3) is 5.91 Å². The highest BCUT2D eigenvalue weighted by Gasteiger charge is 2.30. The lowest BCUT2D eigenvalue weighted by Gasteiger charge is -2.33. The van der Waals surface area contributed by atoms with Gasteiger partial charge in [-0.3, -0.25) is 9.59 Å². The highest BCUT2D eigenvalue weighted by molar-refractivity contribution is 5.92. The quantitative estimate of drug-likeness (QED) is 0.933. The normalized spacial score (nSPS) is 23.3. The average Bonchev–Trinajstić information content (AvgIpc) is 3.09. The molecule has 120 valence electrons. The van der Waals surface area contributed by atoms with E-state index in [1.54, 1.807) is 17.0 Å². The molecule has 0 aromatic carbocycles. The number of hydrogen-bond donors (Lipinski definition) is 1. The van der Waals surface area contributed by atoms with Crippen molar-refractivity contribution in [2.75, 3.05) is 13.1 Å². The molecule has 1 N–H and O–H groups in total. The largest absolute Gasteiger partial charge is 0.459 e. The van der Waals surface area contributed by atoms with E-state index < -0.39 is 0 Å². The number of furan rings is 1. The molecule has 2 fully saturated rings. The summed E-state index contributed by atoms with van der Waals surface area (Å²) >= 11 is 0. The predicted molar refractivity (Wildman–Crippen MR) is 82.4 cm³/mol. The Kier molecular flexibility index (Phi) is 4.80. The van der Waals surface area contributed by atoms with E-state index in [9.17, 15) is 9.59 Å². The first-order chi connectivity index (χ1) is 10.7. The standard InChI is InChI=1S/C17H24N2O3/c20-16(18-14-7-2-1-3-8-14)13-6-4-10-19(12-13)17(21)15-9-5-11-22-15/h5,9,11,13-14H,1-4,6-8,10,12H2,(H,18,20). The zero-order chi connectivity index (χ0) is 15.4. The minimum absolute atomic E-state index is 0.0883. The van der Waals surface area contributed by atoms with Gasteiger partial charge in [-0.15, -0.1) is 0 Å². The first-order valence-electron chi connectivity index (χ1n) is 8.37. The molecule has 5 nitrogen and oxygen atoms in total. The van der Waals surface area contributed by atoms with Crippen LogP contribution in [0.3, 0.4) is 0 Å². The minimum atomic E-state index is -0.111. The number of carbonyl (C=O) groups excluding carboxylic acids is 2. The van der Waals surface area contributed by atoms with Crippen molar-refractivity contribution >= 4 is 11.8 Å². The van der Waals surface area contributed by atoms with Crippen LogP contribution in [0.5, 0.6) is 0 Å². The monoisotopic (exact) mass is 304 g/mol. The van der Waals surface area contributed by atoms with Crippen LogP contribution in [0.15, 0.2) is 22.8 Å². The van der Waals surface area contributed by atoms with Crippen molar-refractivity contribution in [1.82, 2.24) is 10.2 Å². The molecule has 22 heavy (non-hydrogen) atoms. The lowest BCUT2D eigenvalue weighted by molar-refractivity contribution is -0.127. The Balaban J connectivity index is 1.55. The Labute approximate surface area is 131 Å². The molecule has 0 bridgehead atoms. The molecule has 1 unspecified atom stereocenters. The molecule has 0 radical (unpaired) electrons. The third-order valence-electron chi connectivity index (χ3n) is 4.76. The van der Waals surface area contributed by atoms with Gasteiger partial charge in [-0.2, -0.15) is 0 Å². The molecule has 2 amide bonds. The van der Waals surface area contributed by atoms with Crippen LogP contribution in [0.25, 0.3) is 0 Å². The van der Waals surface area contributed by atoms with Crippen LogP contribution in [0.2, 0.25) is 0 Å². The number of nitrogens with zero attached hydrogens (tertiary/aromatic N) is 1. The molecule has 5 heteroatoms. The lowest BCUT2D eigenvalue weighted by atomic mass is 9.93. The second-order valence-electron chi connectivity index (χ2n) is 6.41. The number of carbonyl (C=O) groups is 2. The number of nitrogens with one attached hydrogen (secondary N) is 1. The predicted octanol–water partition coefficient (Wildman–Crippen LogP) is 2.58. The van der Waals surface area contributed by atoms with Crippen molar-refractivity contribution in [2.24, 2.45) is 5.92 Å².